The van der Waals surface area contributed by atoms with Crippen LogP contribution in [0.25, 0.3) is 0 Å². The predicted molar refractivity (Wildman–Crippen MR) is 77.3 cm³/mol. The van der Waals surface area contributed by atoms with E-state index in [0.29, 0.717) is 5.69 Å². The van der Waals surface area contributed by atoms with Gasteiger partial charge < -0.3 is 5.32 Å². The van der Waals surface area contributed by atoms with Gasteiger partial charge in [0.2, 0.25) is 0 Å². The highest BCUT2D eigenvalue weighted by atomic mass is 79.9. The summed E-state index contributed by atoms with van der Waals surface area (Å²) in [5, 5.41) is 3.20. The Morgan fingerprint density at radius 1 is 1.17 bits per heavy atom. The van der Waals surface area contributed by atoms with Crippen LogP contribution in [0.3, 0.4) is 0 Å². The first-order valence-electron chi connectivity index (χ1n) is 5.85. The third-order valence-electron chi connectivity index (χ3n) is 2.87. The molecule has 0 spiro atoms. The molecule has 1 atom stereocenters. The zero-order valence-electron chi connectivity index (χ0n) is 10.4. The zero-order valence-corrected chi connectivity index (χ0v) is 12.0. The van der Waals surface area contributed by atoms with Crippen molar-refractivity contribution in [3.63, 3.8) is 0 Å². The van der Waals surface area contributed by atoms with Gasteiger partial charge in [-0.15, -0.1) is 0 Å². The van der Waals surface area contributed by atoms with Crippen molar-refractivity contribution in [3.8, 4) is 0 Å². The Kier molecular flexibility index (Phi) is 4.02. The molecular weight excluding hydrogens is 293 g/mol. The molecule has 0 aliphatic carbocycles. The van der Waals surface area contributed by atoms with Gasteiger partial charge in [-0.1, -0.05) is 35.9 Å². The number of hydrogen-bond acceptors (Lipinski definition) is 1. The molecule has 1 N–H and O–H groups in total. The molecule has 2 aromatic carbocycles. The number of aryl methyl sites for hydroxylation is 1. The highest BCUT2D eigenvalue weighted by molar-refractivity contribution is 9.10. The number of nitrogens with one attached hydrogen (secondary N) is 1. The van der Waals surface area contributed by atoms with Crippen molar-refractivity contribution in [1.82, 2.24) is 0 Å². The molecule has 0 amide bonds. The maximum absolute atomic E-state index is 13.7. The Bertz CT molecular complexity index is 534. The molecule has 2 aromatic rings. The standard InChI is InChI=1S/C15H15BrFN/c1-10-5-3-6-12(9-10)11(2)18-15-13(16)7-4-8-14(15)17/h3-9,11,18H,1-2H3. The lowest BCUT2D eigenvalue weighted by Crippen LogP contribution is -2.08. The van der Waals surface area contributed by atoms with Crippen molar-refractivity contribution in [2.24, 2.45) is 0 Å². The average Bonchev–Trinajstić information content (AvgIpc) is 2.34. The van der Waals surface area contributed by atoms with Gasteiger partial charge in [-0.3, -0.25) is 0 Å². The molecule has 0 bridgehead atoms. The van der Waals surface area contributed by atoms with Gasteiger partial charge in [-0.2, -0.15) is 0 Å². The van der Waals surface area contributed by atoms with Crippen LogP contribution in [0.15, 0.2) is 46.9 Å². The van der Waals surface area contributed by atoms with Crippen molar-refractivity contribution in [2.75, 3.05) is 5.32 Å². The van der Waals surface area contributed by atoms with E-state index in [2.05, 4.69) is 40.3 Å². The van der Waals surface area contributed by atoms with Crippen molar-refractivity contribution in [3.05, 3.63) is 63.9 Å². The first-order chi connectivity index (χ1) is 8.58. The van der Waals surface area contributed by atoms with Crippen molar-refractivity contribution < 1.29 is 4.39 Å². The summed E-state index contributed by atoms with van der Waals surface area (Å²) < 4.78 is 14.5. The fourth-order valence-electron chi connectivity index (χ4n) is 1.88. The van der Waals surface area contributed by atoms with E-state index >= 15 is 0 Å². The normalized spacial score (nSPS) is 12.2. The molecular formula is C15H15BrFN. The molecule has 0 heterocycles. The minimum atomic E-state index is -0.246. The first kappa shape index (κ1) is 13.1. The van der Waals surface area contributed by atoms with E-state index in [-0.39, 0.29) is 11.9 Å². The van der Waals surface area contributed by atoms with Crippen LogP contribution < -0.4 is 5.32 Å². The first-order valence-corrected chi connectivity index (χ1v) is 6.64. The Morgan fingerprint density at radius 2 is 1.89 bits per heavy atom. The summed E-state index contributed by atoms with van der Waals surface area (Å²) in [4.78, 5) is 0. The number of anilines is 1. The van der Waals surface area contributed by atoms with Crippen LogP contribution in [0.2, 0.25) is 0 Å². The van der Waals surface area contributed by atoms with Gasteiger partial charge >= 0.3 is 0 Å². The van der Waals surface area contributed by atoms with E-state index in [9.17, 15) is 4.39 Å². The van der Waals surface area contributed by atoms with Gasteiger partial charge in [0.25, 0.3) is 0 Å². The minimum absolute atomic E-state index is 0.0538. The molecule has 0 saturated carbocycles. The molecule has 94 valence electrons. The lowest BCUT2D eigenvalue weighted by Gasteiger charge is -2.17. The van der Waals surface area contributed by atoms with E-state index in [4.69, 9.17) is 0 Å². The topological polar surface area (TPSA) is 12.0 Å². The summed E-state index contributed by atoms with van der Waals surface area (Å²) in [6, 6.07) is 13.2. The van der Waals surface area contributed by atoms with Crippen LogP contribution in [-0.2, 0) is 0 Å². The molecule has 18 heavy (non-hydrogen) atoms. The highest BCUT2D eigenvalue weighted by Crippen LogP contribution is 2.29. The molecule has 0 fully saturated rings. The SMILES string of the molecule is Cc1cccc(C(C)Nc2c(F)cccc2Br)c1. The fraction of sp³-hybridized carbons (Fsp3) is 0.200. The van der Waals surface area contributed by atoms with Crippen molar-refractivity contribution in [2.45, 2.75) is 19.9 Å². The summed E-state index contributed by atoms with van der Waals surface area (Å²) in [6.45, 7) is 4.07. The van der Waals surface area contributed by atoms with E-state index < -0.39 is 0 Å². The second kappa shape index (κ2) is 5.53. The third-order valence-corrected chi connectivity index (χ3v) is 3.53. The molecule has 0 aromatic heterocycles. The maximum atomic E-state index is 13.7. The lowest BCUT2D eigenvalue weighted by molar-refractivity contribution is 0.626. The van der Waals surface area contributed by atoms with Gasteiger partial charge in [0, 0.05) is 10.5 Å². The van der Waals surface area contributed by atoms with Gasteiger partial charge in [-0.25, -0.2) is 4.39 Å². The Morgan fingerprint density at radius 3 is 2.56 bits per heavy atom. The number of benzene rings is 2. The Balaban J connectivity index is 2.24. The third kappa shape index (κ3) is 2.91. The number of hydrogen-bond donors (Lipinski definition) is 1. The Labute approximate surface area is 115 Å². The van der Waals surface area contributed by atoms with Gasteiger partial charge in [0.05, 0.1) is 5.69 Å². The molecule has 1 nitrogen and oxygen atoms in total. The highest BCUT2D eigenvalue weighted by Gasteiger charge is 2.11. The molecule has 3 heteroatoms. The fourth-order valence-corrected chi connectivity index (χ4v) is 2.33. The molecule has 0 radical (unpaired) electrons. The number of para-hydroxylation sites is 1. The second-order valence-corrected chi connectivity index (χ2v) is 5.23. The van der Waals surface area contributed by atoms with Crippen LogP contribution in [0.1, 0.15) is 24.1 Å². The largest absolute Gasteiger partial charge is 0.375 e. The quantitative estimate of drug-likeness (QED) is 0.834. The molecule has 0 saturated heterocycles. The van der Waals surface area contributed by atoms with Crippen molar-refractivity contribution in [1.29, 1.82) is 0 Å². The van der Waals surface area contributed by atoms with Gasteiger partial charge in [-0.05, 0) is 47.5 Å². The van der Waals surface area contributed by atoms with E-state index in [1.165, 1.54) is 11.6 Å². The smallest absolute Gasteiger partial charge is 0.147 e. The summed E-state index contributed by atoms with van der Waals surface area (Å²) in [6.07, 6.45) is 0. The van der Waals surface area contributed by atoms with Gasteiger partial charge in [0.15, 0.2) is 0 Å². The lowest BCUT2D eigenvalue weighted by atomic mass is 10.1. The monoisotopic (exact) mass is 307 g/mol. The van der Waals surface area contributed by atoms with Crippen LogP contribution >= 0.6 is 15.9 Å². The average molecular weight is 308 g/mol. The van der Waals surface area contributed by atoms with Crippen LogP contribution in [-0.4, -0.2) is 0 Å². The summed E-state index contributed by atoms with van der Waals surface area (Å²) >= 11 is 3.36. The number of rotatable bonds is 3. The van der Waals surface area contributed by atoms with E-state index in [1.807, 2.05) is 25.1 Å². The van der Waals surface area contributed by atoms with E-state index in [1.54, 1.807) is 6.07 Å². The maximum Gasteiger partial charge on any atom is 0.147 e. The Hall–Kier alpha value is -1.35. The second-order valence-electron chi connectivity index (χ2n) is 4.38. The predicted octanol–water partition coefficient (Wildman–Crippen LogP) is 5.07. The molecule has 0 aliphatic rings. The van der Waals surface area contributed by atoms with E-state index in [0.717, 1.165) is 10.0 Å². The van der Waals surface area contributed by atoms with Crippen molar-refractivity contribution >= 4 is 21.6 Å². The summed E-state index contributed by atoms with van der Waals surface area (Å²) in [5.74, 6) is -0.246. The number of halogens is 2. The zero-order chi connectivity index (χ0) is 13.1. The van der Waals surface area contributed by atoms with Crippen LogP contribution in [0.5, 0.6) is 0 Å². The molecule has 0 aliphatic heterocycles. The summed E-state index contributed by atoms with van der Waals surface area (Å²) in [5.41, 5.74) is 2.85. The van der Waals surface area contributed by atoms with Crippen LogP contribution in [0.4, 0.5) is 10.1 Å². The summed E-state index contributed by atoms with van der Waals surface area (Å²) in [7, 11) is 0. The van der Waals surface area contributed by atoms with Gasteiger partial charge in [0.1, 0.15) is 5.82 Å². The van der Waals surface area contributed by atoms with Crippen LogP contribution in [0, 0.1) is 12.7 Å². The minimum Gasteiger partial charge on any atom is -0.375 e. The molecule has 1 unspecified atom stereocenters. The molecule has 2 rings (SSSR count).